The van der Waals surface area contributed by atoms with Gasteiger partial charge in [-0.3, -0.25) is 0 Å². The van der Waals surface area contributed by atoms with Crippen LogP contribution in [0.2, 0.25) is 0 Å². The third kappa shape index (κ3) is 10.3. The van der Waals surface area contributed by atoms with Gasteiger partial charge in [-0.25, -0.2) is 0 Å². The van der Waals surface area contributed by atoms with Crippen LogP contribution in [0.1, 0.15) is 55.3 Å². The van der Waals surface area contributed by atoms with E-state index in [1.807, 2.05) is 6.92 Å². The van der Waals surface area contributed by atoms with E-state index in [1.54, 1.807) is 0 Å². The molecule has 0 aliphatic rings. The molecule has 0 bridgehead atoms. The van der Waals surface area contributed by atoms with E-state index >= 15 is 0 Å². The van der Waals surface area contributed by atoms with Gasteiger partial charge >= 0.3 is 1.43 Å². The number of carboxylic acids is 1. The summed E-state index contributed by atoms with van der Waals surface area (Å²) in [6, 6.07) is 0. The van der Waals surface area contributed by atoms with Crippen LogP contribution in [0.25, 0.3) is 0 Å². The van der Waals surface area contributed by atoms with Crippen LogP contribution in [0.15, 0.2) is 0 Å². The Hall–Kier alpha value is -0.570. The second-order valence-corrected chi connectivity index (χ2v) is 5.42. The van der Waals surface area contributed by atoms with Crippen LogP contribution < -0.4 is 5.11 Å². The van der Waals surface area contributed by atoms with Gasteiger partial charge in [-0.2, -0.15) is 0 Å². The maximum atomic E-state index is 10.4. The number of carboxylic acid groups (broad SMARTS) is 1. The highest BCUT2D eigenvalue weighted by Gasteiger charge is 2.25. The summed E-state index contributed by atoms with van der Waals surface area (Å²) < 4.78 is 0. The van der Waals surface area contributed by atoms with E-state index in [0.29, 0.717) is 0 Å². The van der Waals surface area contributed by atoms with Gasteiger partial charge in [0.2, 0.25) is 0 Å². The van der Waals surface area contributed by atoms with E-state index in [0.717, 1.165) is 19.4 Å². The van der Waals surface area contributed by atoms with E-state index in [1.165, 1.54) is 0 Å². The Kier molecular flexibility index (Phi) is 10.5. The minimum absolute atomic E-state index is 0. The van der Waals surface area contributed by atoms with Crippen LogP contribution in [-0.2, 0) is 4.79 Å². The molecule has 0 aromatic carbocycles. The standard InChI is InChI=1S/C10H20O2.C4H11N/c1-5-8(7-9(11)12)10(3,4)6-2;1-4-5(2)3/h8H,5-7H2,1-4H3,(H,11,12);4H2,1-3H3. The minimum Gasteiger partial charge on any atom is -0.550 e. The second kappa shape index (κ2) is 9.46. The molecule has 0 aromatic heterocycles. The molecule has 0 heterocycles. The fourth-order valence-electron chi connectivity index (χ4n) is 1.46. The number of nitrogens with zero attached hydrogens (tertiary/aromatic N) is 1. The number of hydrogen-bond acceptors (Lipinski definition) is 3. The molecule has 0 N–H and O–H groups in total. The first-order valence-electron chi connectivity index (χ1n) is 6.55. The molecule has 3 nitrogen and oxygen atoms in total. The molecular formula is C14H31NO2. The third-order valence-electron chi connectivity index (χ3n) is 3.55. The van der Waals surface area contributed by atoms with Gasteiger partial charge in [0.15, 0.2) is 0 Å². The molecule has 0 aromatic rings. The largest absolute Gasteiger partial charge is 1.00 e. The van der Waals surface area contributed by atoms with Gasteiger partial charge in [-0.15, -0.1) is 0 Å². The molecule has 1 atom stereocenters. The first-order chi connectivity index (χ1) is 7.71. The molecule has 0 aliphatic heterocycles. The highest BCUT2D eigenvalue weighted by Crippen LogP contribution is 2.34. The molecule has 0 spiro atoms. The molecule has 0 rings (SSSR count). The number of carbonyl (C=O) groups is 1. The molecular weight excluding hydrogens is 214 g/mol. The van der Waals surface area contributed by atoms with Gasteiger partial charge in [0.1, 0.15) is 0 Å². The highest BCUT2D eigenvalue weighted by atomic mass is 16.4. The van der Waals surface area contributed by atoms with Gasteiger partial charge in [-0.1, -0.05) is 47.5 Å². The van der Waals surface area contributed by atoms with Crippen LogP contribution in [-0.4, -0.2) is 31.5 Å². The molecule has 104 valence electrons. The van der Waals surface area contributed by atoms with Gasteiger partial charge < -0.3 is 14.8 Å². The summed E-state index contributed by atoms with van der Waals surface area (Å²) in [6.07, 6.45) is 2.12. The van der Waals surface area contributed by atoms with Crippen LogP contribution >= 0.6 is 0 Å². The van der Waals surface area contributed by atoms with Crippen LogP contribution in [0, 0.1) is 11.3 Å². The van der Waals surface area contributed by atoms with Crippen molar-refractivity contribution in [2.24, 2.45) is 11.3 Å². The summed E-state index contributed by atoms with van der Waals surface area (Å²) in [4.78, 5) is 12.5. The zero-order chi connectivity index (χ0) is 14.1. The van der Waals surface area contributed by atoms with Crippen molar-refractivity contribution in [3.05, 3.63) is 0 Å². The summed E-state index contributed by atoms with van der Waals surface area (Å²) in [7, 11) is 4.11. The molecule has 1 unspecified atom stereocenters. The number of rotatable bonds is 6. The van der Waals surface area contributed by atoms with Crippen molar-refractivity contribution >= 4 is 5.97 Å². The predicted molar refractivity (Wildman–Crippen MR) is 72.8 cm³/mol. The fraction of sp³-hybridized carbons (Fsp3) is 0.929. The summed E-state index contributed by atoms with van der Waals surface area (Å²) in [6.45, 7) is 11.6. The number of aliphatic carboxylic acids is 1. The monoisotopic (exact) mass is 245 g/mol. The minimum atomic E-state index is -0.927. The molecule has 0 radical (unpaired) electrons. The smallest absolute Gasteiger partial charge is 0.550 e. The Bertz CT molecular complexity index is 206. The zero-order valence-electron chi connectivity index (χ0n) is 13.7. The average molecular weight is 245 g/mol. The molecule has 0 amide bonds. The number of hydrogen-bond donors (Lipinski definition) is 0. The summed E-state index contributed by atoms with van der Waals surface area (Å²) in [5.41, 5.74) is 0.120. The van der Waals surface area contributed by atoms with Crippen LogP contribution in [0.5, 0.6) is 0 Å². The lowest BCUT2D eigenvalue weighted by Crippen LogP contribution is -2.31. The fourth-order valence-corrected chi connectivity index (χ4v) is 1.46. The lowest BCUT2D eigenvalue weighted by atomic mass is 9.74. The van der Waals surface area contributed by atoms with E-state index in [9.17, 15) is 9.90 Å². The summed E-state index contributed by atoms with van der Waals surface area (Å²) in [5, 5.41) is 10.4. The molecule has 3 heteroatoms. The Morgan fingerprint density at radius 1 is 1.29 bits per heavy atom. The molecule has 17 heavy (non-hydrogen) atoms. The van der Waals surface area contributed by atoms with E-state index in [4.69, 9.17) is 0 Å². The first-order valence-corrected chi connectivity index (χ1v) is 6.55. The van der Waals surface area contributed by atoms with Gasteiger partial charge in [0.05, 0.1) is 0 Å². The molecule has 0 saturated heterocycles. The third-order valence-corrected chi connectivity index (χ3v) is 3.55. The van der Waals surface area contributed by atoms with Crippen molar-refractivity contribution in [1.82, 2.24) is 4.90 Å². The van der Waals surface area contributed by atoms with Crippen molar-refractivity contribution in [1.29, 1.82) is 0 Å². The van der Waals surface area contributed by atoms with Crippen molar-refractivity contribution < 1.29 is 11.3 Å². The quantitative estimate of drug-likeness (QED) is 0.721. The average Bonchev–Trinajstić information content (AvgIpc) is 2.26. The van der Waals surface area contributed by atoms with Gasteiger partial charge in [-0.05, 0) is 38.4 Å². The topological polar surface area (TPSA) is 43.4 Å². The molecule has 0 aliphatic carbocycles. The normalized spacial score (nSPS) is 12.9. The van der Waals surface area contributed by atoms with E-state index < -0.39 is 5.97 Å². The lowest BCUT2D eigenvalue weighted by molar-refractivity contribution is -0.307. The van der Waals surface area contributed by atoms with Gasteiger partial charge in [0, 0.05) is 5.97 Å². The Morgan fingerprint density at radius 2 is 1.71 bits per heavy atom. The maximum Gasteiger partial charge on any atom is 1.00 e. The van der Waals surface area contributed by atoms with Crippen molar-refractivity contribution in [2.45, 2.75) is 53.9 Å². The van der Waals surface area contributed by atoms with Crippen molar-refractivity contribution in [2.75, 3.05) is 20.6 Å². The predicted octanol–water partition coefficient (Wildman–Crippen LogP) is 2.27. The first kappa shape index (κ1) is 18.8. The SMILES string of the molecule is CCC(CC(=O)[O-])C(C)(C)CC.CCN(C)C.[H+]. The lowest BCUT2D eigenvalue weighted by Gasteiger charge is -2.33. The molecule has 0 saturated carbocycles. The van der Waals surface area contributed by atoms with Crippen molar-refractivity contribution in [3.63, 3.8) is 0 Å². The maximum absolute atomic E-state index is 10.4. The van der Waals surface area contributed by atoms with Crippen molar-refractivity contribution in [3.8, 4) is 0 Å². The molecule has 0 fully saturated rings. The van der Waals surface area contributed by atoms with E-state index in [-0.39, 0.29) is 19.2 Å². The second-order valence-electron chi connectivity index (χ2n) is 5.42. The Morgan fingerprint density at radius 3 is 1.88 bits per heavy atom. The highest BCUT2D eigenvalue weighted by molar-refractivity contribution is 5.64. The Balaban J connectivity index is -0.000000321. The summed E-state index contributed by atoms with van der Waals surface area (Å²) >= 11 is 0. The zero-order valence-corrected chi connectivity index (χ0v) is 12.7. The number of carbonyl (C=O) groups excluding carboxylic acids is 1. The Labute approximate surface area is 109 Å². The van der Waals surface area contributed by atoms with E-state index in [2.05, 4.69) is 46.7 Å². The van der Waals surface area contributed by atoms with Crippen LogP contribution in [0.3, 0.4) is 0 Å². The summed E-state index contributed by atoms with van der Waals surface area (Å²) in [5.74, 6) is -0.684. The van der Waals surface area contributed by atoms with Crippen LogP contribution in [0.4, 0.5) is 0 Å². The van der Waals surface area contributed by atoms with Gasteiger partial charge in [0.25, 0.3) is 0 Å².